The molecule has 0 saturated carbocycles. The van der Waals surface area contributed by atoms with Gasteiger partial charge in [0.15, 0.2) is 11.5 Å². The van der Waals surface area contributed by atoms with Gasteiger partial charge in [-0.25, -0.2) is 5.43 Å². The molecular formula is C15H11IN2O3. The Hall–Kier alpha value is -2.09. The maximum absolute atomic E-state index is 11.9. The van der Waals surface area contributed by atoms with Crippen molar-refractivity contribution in [3.63, 3.8) is 0 Å². The van der Waals surface area contributed by atoms with E-state index in [-0.39, 0.29) is 12.7 Å². The number of carbonyl (C=O) groups is 1. The highest BCUT2D eigenvalue weighted by Gasteiger charge is 2.12. The molecule has 21 heavy (non-hydrogen) atoms. The SMILES string of the molecule is O=C(N/N=C\c1ccc2c(c1)OCO2)c1cccc(I)c1. The Labute approximate surface area is 135 Å². The fourth-order valence-corrected chi connectivity index (χ4v) is 2.40. The van der Waals surface area contributed by atoms with Crippen LogP contribution in [0, 0.1) is 3.57 Å². The third-order valence-corrected chi connectivity index (χ3v) is 3.53. The van der Waals surface area contributed by atoms with Crippen molar-refractivity contribution < 1.29 is 14.3 Å². The number of benzene rings is 2. The molecule has 0 fully saturated rings. The van der Waals surface area contributed by atoms with Gasteiger partial charge in [0.25, 0.3) is 5.91 Å². The summed E-state index contributed by atoms with van der Waals surface area (Å²) in [6.45, 7) is 0.235. The molecule has 0 radical (unpaired) electrons. The van der Waals surface area contributed by atoms with Gasteiger partial charge in [0.1, 0.15) is 0 Å². The summed E-state index contributed by atoms with van der Waals surface area (Å²) in [6.07, 6.45) is 1.56. The molecule has 1 aliphatic rings. The summed E-state index contributed by atoms with van der Waals surface area (Å²) < 4.78 is 11.5. The van der Waals surface area contributed by atoms with Crippen molar-refractivity contribution in [1.82, 2.24) is 5.43 Å². The first-order valence-electron chi connectivity index (χ1n) is 6.21. The third-order valence-electron chi connectivity index (χ3n) is 2.86. The van der Waals surface area contributed by atoms with Gasteiger partial charge >= 0.3 is 0 Å². The molecule has 2 aromatic carbocycles. The van der Waals surface area contributed by atoms with E-state index < -0.39 is 0 Å². The zero-order valence-electron chi connectivity index (χ0n) is 10.9. The minimum atomic E-state index is -0.245. The number of halogens is 1. The second kappa shape index (κ2) is 6.13. The van der Waals surface area contributed by atoms with Crippen molar-refractivity contribution >= 4 is 34.7 Å². The van der Waals surface area contributed by atoms with E-state index in [4.69, 9.17) is 9.47 Å². The second-order valence-electron chi connectivity index (χ2n) is 4.32. The van der Waals surface area contributed by atoms with Gasteiger partial charge in [0.2, 0.25) is 6.79 Å². The third kappa shape index (κ3) is 3.33. The highest BCUT2D eigenvalue weighted by atomic mass is 127. The Kier molecular flexibility index (Phi) is 4.05. The molecule has 0 spiro atoms. The molecule has 1 aliphatic heterocycles. The number of carbonyl (C=O) groups excluding carboxylic acids is 1. The van der Waals surface area contributed by atoms with Crippen molar-refractivity contribution in [2.24, 2.45) is 5.10 Å². The van der Waals surface area contributed by atoms with Crippen LogP contribution >= 0.6 is 22.6 Å². The van der Waals surface area contributed by atoms with E-state index in [1.165, 1.54) is 0 Å². The molecule has 0 aliphatic carbocycles. The Balaban J connectivity index is 1.65. The largest absolute Gasteiger partial charge is 0.454 e. The van der Waals surface area contributed by atoms with E-state index in [2.05, 4.69) is 33.1 Å². The van der Waals surface area contributed by atoms with Gasteiger partial charge in [-0.05, 0) is 64.6 Å². The number of amides is 1. The lowest BCUT2D eigenvalue weighted by Gasteiger charge is -2.00. The molecule has 0 unspecified atom stereocenters. The Bertz CT molecular complexity index is 716. The van der Waals surface area contributed by atoms with Crippen molar-refractivity contribution in [1.29, 1.82) is 0 Å². The number of hydrogen-bond donors (Lipinski definition) is 1. The van der Waals surface area contributed by atoms with Gasteiger partial charge in [-0.15, -0.1) is 0 Å². The van der Waals surface area contributed by atoms with Crippen LogP contribution < -0.4 is 14.9 Å². The van der Waals surface area contributed by atoms with Crippen molar-refractivity contribution in [3.8, 4) is 11.5 Å². The summed E-state index contributed by atoms with van der Waals surface area (Å²) >= 11 is 2.16. The summed E-state index contributed by atoms with van der Waals surface area (Å²) in [5.41, 5.74) is 3.89. The maximum Gasteiger partial charge on any atom is 0.271 e. The number of hydrogen-bond acceptors (Lipinski definition) is 4. The quantitative estimate of drug-likeness (QED) is 0.495. The zero-order valence-corrected chi connectivity index (χ0v) is 13.0. The summed E-state index contributed by atoms with van der Waals surface area (Å²) in [5.74, 6) is 1.16. The van der Waals surface area contributed by atoms with Gasteiger partial charge in [0.05, 0.1) is 6.21 Å². The fraction of sp³-hybridized carbons (Fsp3) is 0.0667. The molecule has 6 heteroatoms. The van der Waals surface area contributed by atoms with E-state index in [1.54, 1.807) is 18.3 Å². The predicted octanol–water partition coefficient (Wildman–Crippen LogP) is 2.78. The lowest BCUT2D eigenvalue weighted by Crippen LogP contribution is -2.17. The van der Waals surface area contributed by atoms with Gasteiger partial charge in [-0.1, -0.05) is 6.07 Å². The molecule has 1 heterocycles. The summed E-state index contributed by atoms with van der Waals surface area (Å²) in [5, 5.41) is 3.95. The van der Waals surface area contributed by atoms with Crippen LogP contribution in [0.3, 0.4) is 0 Å². The van der Waals surface area contributed by atoms with E-state index in [9.17, 15) is 4.79 Å². The van der Waals surface area contributed by atoms with Crippen LogP contribution in [-0.2, 0) is 0 Å². The Morgan fingerprint density at radius 1 is 1.19 bits per heavy atom. The summed E-state index contributed by atoms with van der Waals surface area (Å²) in [4.78, 5) is 11.9. The molecule has 5 nitrogen and oxygen atoms in total. The van der Waals surface area contributed by atoms with Crippen LogP contribution in [-0.4, -0.2) is 18.9 Å². The molecule has 1 N–H and O–H groups in total. The lowest BCUT2D eigenvalue weighted by atomic mass is 10.2. The minimum absolute atomic E-state index is 0.235. The lowest BCUT2D eigenvalue weighted by molar-refractivity contribution is 0.0955. The summed E-state index contributed by atoms with van der Waals surface area (Å²) in [6, 6.07) is 12.8. The molecule has 106 valence electrons. The van der Waals surface area contributed by atoms with Gasteiger partial charge in [-0.2, -0.15) is 5.10 Å². The fourth-order valence-electron chi connectivity index (χ4n) is 1.85. The van der Waals surface area contributed by atoms with Crippen LogP contribution in [0.1, 0.15) is 15.9 Å². The number of ether oxygens (including phenoxy) is 2. The second-order valence-corrected chi connectivity index (χ2v) is 5.57. The molecule has 1 amide bonds. The van der Waals surface area contributed by atoms with Gasteiger partial charge in [-0.3, -0.25) is 4.79 Å². The van der Waals surface area contributed by atoms with E-state index in [0.29, 0.717) is 11.3 Å². The van der Waals surface area contributed by atoms with Crippen LogP contribution in [0.4, 0.5) is 0 Å². The van der Waals surface area contributed by atoms with E-state index >= 15 is 0 Å². The van der Waals surface area contributed by atoms with Crippen LogP contribution in [0.15, 0.2) is 47.6 Å². The molecule has 0 aromatic heterocycles. The standard InChI is InChI=1S/C15H11IN2O3/c16-12-3-1-2-11(7-12)15(19)18-17-8-10-4-5-13-14(6-10)21-9-20-13/h1-8H,9H2,(H,18,19)/b17-8-. The van der Waals surface area contributed by atoms with Crippen molar-refractivity contribution in [2.75, 3.05) is 6.79 Å². The molecule has 0 atom stereocenters. The summed E-state index contributed by atoms with van der Waals surface area (Å²) in [7, 11) is 0. The average molecular weight is 394 g/mol. The predicted molar refractivity (Wildman–Crippen MR) is 86.8 cm³/mol. The molecule has 2 aromatic rings. The van der Waals surface area contributed by atoms with Gasteiger partial charge in [0, 0.05) is 9.13 Å². The first kappa shape index (κ1) is 13.9. The zero-order chi connectivity index (χ0) is 14.7. The molecular weight excluding hydrogens is 383 g/mol. The highest BCUT2D eigenvalue weighted by Crippen LogP contribution is 2.31. The number of nitrogens with zero attached hydrogens (tertiary/aromatic N) is 1. The van der Waals surface area contributed by atoms with E-state index in [1.807, 2.05) is 30.3 Å². The van der Waals surface area contributed by atoms with Crippen LogP contribution in [0.2, 0.25) is 0 Å². The monoisotopic (exact) mass is 394 g/mol. The maximum atomic E-state index is 11.9. The highest BCUT2D eigenvalue weighted by molar-refractivity contribution is 14.1. The van der Waals surface area contributed by atoms with Crippen molar-refractivity contribution in [3.05, 3.63) is 57.2 Å². The Morgan fingerprint density at radius 3 is 2.90 bits per heavy atom. The normalized spacial score (nSPS) is 12.6. The van der Waals surface area contributed by atoms with Gasteiger partial charge < -0.3 is 9.47 Å². The Morgan fingerprint density at radius 2 is 2.05 bits per heavy atom. The first-order valence-corrected chi connectivity index (χ1v) is 7.29. The first-order chi connectivity index (χ1) is 10.2. The topological polar surface area (TPSA) is 59.9 Å². The molecule has 0 saturated heterocycles. The number of nitrogens with one attached hydrogen (secondary N) is 1. The molecule has 0 bridgehead atoms. The average Bonchev–Trinajstić information content (AvgIpc) is 2.94. The number of hydrazone groups is 1. The molecule has 3 rings (SSSR count). The smallest absolute Gasteiger partial charge is 0.271 e. The minimum Gasteiger partial charge on any atom is -0.454 e. The number of rotatable bonds is 3. The van der Waals surface area contributed by atoms with Crippen LogP contribution in [0.5, 0.6) is 11.5 Å². The number of fused-ring (bicyclic) bond motifs is 1. The van der Waals surface area contributed by atoms with E-state index in [0.717, 1.165) is 14.9 Å². The van der Waals surface area contributed by atoms with Crippen LogP contribution in [0.25, 0.3) is 0 Å². The van der Waals surface area contributed by atoms with Crippen molar-refractivity contribution in [2.45, 2.75) is 0 Å².